The lowest BCUT2D eigenvalue weighted by Crippen LogP contribution is -1.77. The summed E-state index contributed by atoms with van der Waals surface area (Å²) in [6.07, 6.45) is 3.10. The van der Waals surface area contributed by atoms with Crippen molar-refractivity contribution in [3.63, 3.8) is 0 Å². The predicted octanol–water partition coefficient (Wildman–Crippen LogP) is 2.63. The van der Waals surface area contributed by atoms with Crippen molar-refractivity contribution < 1.29 is 5.21 Å². The highest BCUT2D eigenvalue weighted by Gasteiger charge is 2.04. The van der Waals surface area contributed by atoms with Gasteiger partial charge in [-0.2, -0.15) is 0 Å². The van der Waals surface area contributed by atoms with Crippen molar-refractivity contribution in [3.05, 3.63) is 35.0 Å². The molecule has 0 aliphatic heterocycles. The number of nitrogens with zero attached hydrogens (tertiary/aromatic N) is 1. The second kappa shape index (κ2) is 3.11. The van der Waals surface area contributed by atoms with Crippen LogP contribution in [0.15, 0.2) is 29.6 Å². The number of hydrogen-bond donors (Lipinski definition) is 2. The maximum Gasteiger partial charge on any atom is 0.0755 e. The van der Waals surface area contributed by atoms with E-state index >= 15 is 0 Å². The van der Waals surface area contributed by atoms with Crippen molar-refractivity contribution in [2.45, 2.75) is 0 Å². The van der Waals surface area contributed by atoms with Crippen molar-refractivity contribution in [2.75, 3.05) is 0 Å². The van der Waals surface area contributed by atoms with Gasteiger partial charge in [-0.1, -0.05) is 22.8 Å². The number of oxime groups is 1. The molecule has 0 radical (unpaired) electrons. The SMILES string of the molecule is O/N=C/c1c[nH]c2cccc(Cl)c12. The molecule has 2 aromatic rings. The van der Waals surface area contributed by atoms with Crippen LogP contribution in [-0.4, -0.2) is 16.4 Å². The van der Waals surface area contributed by atoms with Gasteiger partial charge in [0.25, 0.3) is 0 Å². The van der Waals surface area contributed by atoms with Crippen molar-refractivity contribution in [1.29, 1.82) is 0 Å². The molecule has 0 bridgehead atoms. The van der Waals surface area contributed by atoms with Gasteiger partial charge in [0.15, 0.2) is 0 Å². The molecule has 1 aromatic carbocycles. The Bertz CT molecular complexity index is 462. The van der Waals surface area contributed by atoms with E-state index in [1.807, 2.05) is 12.1 Å². The van der Waals surface area contributed by atoms with Gasteiger partial charge in [-0.3, -0.25) is 0 Å². The molecule has 3 nitrogen and oxygen atoms in total. The van der Waals surface area contributed by atoms with E-state index in [1.54, 1.807) is 12.3 Å². The smallest absolute Gasteiger partial charge is 0.0755 e. The van der Waals surface area contributed by atoms with E-state index in [-0.39, 0.29) is 0 Å². The Morgan fingerprint density at radius 2 is 2.31 bits per heavy atom. The first-order valence-electron chi connectivity index (χ1n) is 3.76. The predicted molar refractivity (Wildman–Crippen MR) is 52.7 cm³/mol. The molecule has 0 saturated carbocycles. The summed E-state index contributed by atoms with van der Waals surface area (Å²) >= 11 is 5.98. The topological polar surface area (TPSA) is 48.4 Å². The van der Waals surface area contributed by atoms with Crippen LogP contribution in [0, 0.1) is 0 Å². The van der Waals surface area contributed by atoms with Crippen LogP contribution in [0.25, 0.3) is 10.9 Å². The summed E-state index contributed by atoms with van der Waals surface area (Å²) in [6.45, 7) is 0. The van der Waals surface area contributed by atoms with Crippen LogP contribution in [0.5, 0.6) is 0 Å². The molecular formula is C9H7ClN2O. The highest BCUT2D eigenvalue weighted by Crippen LogP contribution is 2.25. The zero-order valence-corrected chi connectivity index (χ0v) is 7.42. The molecule has 0 saturated heterocycles. The highest BCUT2D eigenvalue weighted by atomic mass is 35.5. The lowest BCUT2D eigenvalue weighted by atomic mass is 10.2. The standard InChI is InChI=1S/C9H7ClN2O/c10-7-2-1-3-8-9(7)6(4-11-8)5-12-13/h1-5,11,13H/b12-5+. The van der Waals surface area contributed by atoms with Gasteiger partial charge >= 0.3 is 0 Å². The molecule has 0 unspecified atom stereocenters. The third-order valence-electron chi connectivity index (χ3n) is 1.88. The Balaban J connectivity index is 2.78. The van der Waals surface area contributed by atoms with Gasteiger partial charge < -0.3 is 10.2 Å². The second-order valence-corrected chi connectivity index (χ2v) is 3.06. The molecule has 0 aliphatic carbocycles. The van der Waals surface area contributed by atoms with Crippen LogP contribution < -0.4 is 0 Å². The average Bonchev–Trinajstić information content (AvgIpc) is 2.51. The highest BCUT2D eigenvalue weighted by molar-refractivity contribution is 6.36. The first-order chi connectivity index (χ1) is 6.33. The number of aromatic nitrogens is 1. The first kappa shape index (κ1) is 8.13. The Kier molecular flexibility index (Phi) is 1.94. The number of benzene rings is 1. The van der Waals surface area contributed by atoms with Crippen LogP contribution >= 0.6 is 11.6 Å². The molecule has 1 heterocycles. The van der Waals surface area contributed by atoms with Gasteiger partial charge in [0, 0.05) is 22.7 Å². The third-order valence-corrected chi connectivity index (χ3v) is 2.20. The van der Waals surface area contributed by atoms with E-state index in [0.29, 0.717) is 5.02 Å². The van der Waals surface area contributed by atoms with E-state index in [4.69, 9.17) is 16.8 Å². The second-order valence-electron chi connectivity index (χ2n) is 2.65. The lowest BCUT2D eigenvalue weighted by molar-refractivity contribution is 0.322. The number of nitrogens with one attached hydrogen (secondary N) is 1. The monoisotopic (exact) mass is 194 g/mol. The summed E-state index contributed by atoms with van der Waals surface area (Å²) < 4.78 is 0. The van der Waals surface area contributed by atoms with Crippen LogP contribution in [0.4, 0.5) is 0 Å². The average molecular weight is 195 g/mol. The first-order valence-corrected chi connectivity index (χ1v) is 4.14. The van der Waals surface area contributed by atoms with E-state index in [1.165, 1.54) is 6.21 Å². The lowest BCUT2D eigenvalue weighted by Gasteiger charge is -1.93. The molecule has 0 amide bonds. The maximum atomic E-state index is 8.40. The normalized spacial score (nSPS) is 11.5. The van der Waals surface area contributed by atoms with Crippen LogP contribution in [0.3, 0.4) is 0 Å². The fourth-order valence-electron chi connectivity index (χ4n) is 1.33. The molecule has 0 atom stereocenters. The maximum absolute atomic E-state index is 8.40. The molecule has 2 rings (SSSR count). The molecule has 0 fully saturated rings. The van der Waals surface area contributed by atoms with Crippen LogP contribution in [-0.2, 0) is 0 Å². The quantitative estimate of drug-likeness (QED) is 0.409. The molecule has 0 aliphatic rings. The number of rotatable bonds is 1. The summed E-state index contributed by atoms with van der Waals surface area (Å²) in [4.78, 5) is 3.03. The number of aromatic amines is 1. The summed E-state index contributed by atoms with van der Waals surface area (Å²) in [5, 5.41) is 12.9. The summed E-state index contributed by atoms with van der Waals surface area (Å²) in [5.41, 5.74) is 1.71. The van der Waals surface area contributed by atoms with Crippen LogP contribution in [0.1, 0.15) is 5.56 Å². The Labute approximate surface area is 79.6 Å². The Morgan fingerprint density at radius 3 is 3.08 bits per heavy atom. The number of H-pyrrole nitrogens is 1. The van der Waals surface area contributed by atoms with E-state index in [2.05, 4.69) is 10.1 Å². The largest absolute Gasteiger partial charge is 0.411 e. The van der Waals surface area contributed by atoms with Gasteiger partial charge in [0.2, 0.25) is 0 Å². The zero-order chi connectivity index (χ0) is 9.26. The minimum absolute atomic E-state index is 0.647. The number of halogens is 1. The number of fused-ring (bicyclic) bond motifs is 1. The Hall–Kier alpha value is -1.48. The van der Waals surface area contributed by atoms with Gasteiger partial charge in [-0.05, 0) is 12.1 Å². The fraction of sp³-hybridized carbons (Fsp3) is 0. The molecule has 4 heteroatoms. The fourth-order valence-corrected chi connectivity index (χ4v) is 1.61. The van der Waals surface area contributed by atoms with Crippen molar-refractivity contribution >= 4 is 28.7 Å². The summed E-state index contributed by atoms with van der Waals surface area (Å²) in [7, 11) is 0. The van der Waals surface area contributed by atoms with E-state index in [0.717, 1.165) is 16.5 Å². The summed E-state index contributed by atoms with van der Waals surface area (Å²) in [6, 6.07) is 5.57. The zero-order valence-electron chi connectivity index (χ0n) is 6.66. The molecule has 66 valence electrons. The molecule has 2 N–H and O–H groups in total. The van der Waals surface area contributed by atoms with Gasteiger partial charge in [0.05, 0.1) is 11.2 Å². The summed E-state index contributed by atoms with van der Waals surface area (Å²) in [5.74, 6) is 0. The van der Waals surface area contributed by atoms with E-state index < -0.39 is 0 Å². The Morgan fingerprint density at radius 1 is 1.46 bits per heavy atom. The molecule has 13 heavy (non-hydrogen) atoms. The minimum Gasteiger partial charge on any atom is -0.411 e. The van der Waals surface area contributed by atoms with Crippen molar-refractivity contribution in [3.8, 4) is 0 Å². The van der Waals surface area contributed by atoms with Crippen LogP contribution in [0.2, 0.25) is 5.02 Å². The molecule has 1 aromatic heterocycles. The molecule has 0 spiro atoms. The third kappa shape index (κ3) is 1.27. The molecular weight excluding hydrogens is 188 g/mol. The number of hydrogen-bond acceptors (Lipinski definition) is 2. The van der Waals surface area contributed by atoms with Crippen molar-refractivity contribution in [2.24, 2.45) is 5.16 Å². The van der Waals surface area contributed by atoms with Gasteiger partial charge in [0.1, 0.15) is 0 Å². The van der Waals surface area contributed by atoms with Crippen molar-refractivity contribution in [1.82, 2.24) is 4.98 Å². The van der Waals surface area contributed by atoms with E-state index in [9.17, 15) is 0 Å². The van der Waals surface area contributed by atoms with Gasteiger partial charge in [-0.25, -0.2) is 0 Å². The minimum atomic E-state index is 0.647. The van der Waals surface area contributed by atoms with Gasteiger partial charge in [-0.15, -0.1) is 0 Å².